The van der Waals surface area contributed by atoms with E-state index in [1.54, 1.807) is 46.5 Å². The molecule has 0 fully saturated rings. The van der Waals surface area contributed by atoms with Crippen molar-refractivity contribution in [2.45, 2.75) is 103 Å². The first-order valence-electron chi connectivity index (χ1n) is 20.8. The molecule has 5 aromatic carbocycles. The molecule has 3 aliphatic carbocycles. The average Bonchev–Trinajstić information content (AvgIpc) is 3.20. The molecule has 0 saturated carbocycles. The zero-order valence-electron chi connectivity index (χ0n) is 33.8. The van der Waals surface area contributed by atoms with Crippen LogP contribution in [-0.4, -0.2) is 22.4 Å². The van der Waals surface area contributed by atoms with Gasteiger partial charge in [0.15, 0.2) is 0 Å². The molecule has 58 heavy (non-hydrogen) atoms. The predicted molar refractivity (Wildman–Crippen MR) is 267 cm³/mol. The number of aryl methyl sites for hydroxylation is 8. The Hall–Kier alpha value is -2.16. The number of hydrogen-bond donors (Lipinski definition) is 1. The summed E-state index contributed by atoms with van der Waals surface area (Å²) in [5.74, 6) is 1.26. The van der Waals surface area contributed by atoms with Crippen molar-refractivity contribution in [3.05, 3.63) is 174 Å². The van der Waals surface area contributed by atoms with Gasteiger partial charge in [-0.05, 0) is 201 Å². The lowest BCUT2D eigenvalue weighted by Gasteiger charge is -2.19. The summed E-state index contributed by atoms with van der Waals surface area (Å²) in [4.78, 5) is 0. The van der Waals surface area contributed by atoms with Crippen molar-refractivity contribution in [3.8, 4) is 11.5 Å². The van der Waals surface area contributed by atoms with Crippen LogP contribution in [0.25, 0.3) is 0 Å². The second-order valence-electron chi connectivity index (χ2n) is 14.8. The van der Waals surface area contributed by atoms with E-state index in [1.165, 1.54) is 117 Å². The van der Waals surface area contributed by atoms with E-state index in [2.05, 4.69) is 141 Å². The molecule has 3 aliphatic rings. The van der Waals surface area contributed by atoms with Crippen molar-refractivity contribution in [3.63, 3.8) is 0 Å². The number of fused-ring (bicyclic) bond motifs is 3. The Balaban J connectivity index is 0.000000174. The van der Waals surface area contributed by atoms with Crippen LogP contribution in [0.1, 0.15) is 95.9 Å². The van der Waals surface area contributed by atoms with Crippen molar-refractivity contribution in [2.75, 3.05) is 17.3 Å². The second-order valence-corrected chi connectivity index (χ2v) is 19.2. The summed E-state index contributed by atoms with van der Waals surface area (Å²) in [7, 11) is 0. The van der Waals surface area contributed by atoms with E-state index in [0.717, 1.165) is 44.8 Å². The minimum absolute atomic E-state index is 0.299. The molecule has 0 amide bonds. The van der Waals surface area contributed by atoms with Gasteiger partial charge in [-0.1, -0.05) is 135 Å². The summed E-state index contributed by atoms with van der Waals surface area (Å²) in [6, 6.07) is 35.4. The number of benzene rings is 5. The van der Waals surface area contributed by atoms with E-state index in [0.29, 0.717) is 5.75 Å². The van der Waals surface area contributed by atoms with Gasteiger partial charge in [0.05, 0.1) is 6.61 Å². The number of ether oxygens (including phenoxy) is 1. The summed E-state index contributed by atoms with van der Waals surface area (Å²) >= 11 is 16.9. The number of halogens is 5. The number of allylic oxidation sites excluding steroid dienone is 1. The van der Waals surface area contributed by atoms with Gasteiger partial charge in [0.25, 0.3) is 0 Å². The Morgan fingerprint density at radius 2 is 0.931 bits per heavy atom. The summed E-state index contributed by atoms with van der Waals surface area (Å²) in [5, 5.41) is 11.0. The van der Waals surface area contributed by atoms with Gasteiger partial charge >= 0.3 is 0 Å². The molecule has 0 aromatic heterocycles. The largest absolute Gasteiger partial charge is 0.508 e. The first-order valence-corrected chi connectivity index (χ1v) is 25.4. The van der Waals surface area contributed by atoms with Crippen molar-refractivity contribution >= 4 is 79.6 Å². The zero-order valence-corrected chi connectivity index (χ0v) is 41.7. The summed E-state index contributed by atoms with van der Waals surface area (Å²) in [5.41, 5.74) is 12.4. The molecule has 2 nitrogen and oxygen atoms in total. The standard InChI is InChI=1S/C19H21BrO.C13H17Br.C8H7Br.C6H5BrO.C5H9Br/c20-18-9-11-19(12-10-18)21-13-3-1-2-4-15-5-6-16-7-8-17(16)14-15;14-9-3-1-2-4-11-5-6-12-7-8-13(12)10-11;9-8-4-3-6-1-2-7(6)5-8;7-5-1-3-6(8)4-2-5;1-2-3-4-5-6/h5-6,9-12,14H,1-4,7-8,13H2;5-6,10H,1-4,7-9H2;3-5H,1-2H2;1-4,8H;2H,1,3-5H2. The molecule has 7 heteroatoms. The van der Waals surface area contributed by atoms with Crippen LogP contribution in [0.15, 0.2) is 129 Å². The van der Waals surface area contributed by atoms with Gasteiger partial charge in [-0.2, -0.15) is 0 Å². The molecule has 0 spiro atoms. The Labute approximate surface area is 391 Å². The third-order valence-corrected chi connectivity index (χ3v) is 13.0. The maximum absolute atomic E-state index is 8.74. The van der Waals surface area contributed by atoms with E-state index >= 15 is 0 Å². The van der Waals surface area contributed by atoms with E-state index in [4.69, 9.17) is 9.84 Å². The summed E-state index contributed by atoms with van der Waals surface area (Å²) < 4.78 is 9.02. The number of hydrogen-bond acceptors (Lipinski definition) is 2. The lowest BCUT2D eigenvalue weighted by molar-refractivity contribution is 0.305. The van der Waals surface area contributed by atoms with Crippen LogP contribution in [0, 0.1) is 0 Å². The van der Waals surface area contributed by atoms with Crippen LogP contribution in [0.4, 0.5) is 0 Å². The van der Waals surface area contributed by atoms with Gasteiger partial charge in [0.1, 0.15) is 11.5 Å². The second kappa shape index (κ2) is 28.4. The number of rotatable bonds is 15. The van der Waals surface area contributed by atoms with Crippen molar-refractivity contribution < 1.29 is 9.84 Å². The quantitative estimate of drug-likeness (QED) is 0.0643. The Morgan fingerprint density at radius 3 is 1.33 bits per heavy atom. The molecule has 0 unspecified atom stereocenters. The van der Waals surface area contributed by atoms with Crippen molar-refractivity contribution in [1.29, 1.82) is 0 Å². The van der Waals surface area contributed by atoms with Crippen LogP contribution in [0.5, 0.6) is 11.5 Å². The molecule has 0 bridgehead atoms. The fourth-order valence-electron chi connectivity index (χ4n) is 6.56. The minimum Gasteiger partial charge on any atom is -0.508 e. The summed E-state index contributed by atoms with van der Waals surface area (Å²) in [6.07, 6.45) is 22.1. The third kappa shape index (κ3) is 18.6. The van der Waals surface area contributed by atoms with Gasteiger partial charge in [0.2, 0.25) is 0 Å². The number of phenols is 1. The van der Waals surface area contributed by atoms with Crippen molar-refractivity contribution in [2.24, 2.45) is 0 Å². The number of alkyl halides is 2. The van der Waals surface area contributed by atoms with E-state index in [1.807, 2.05) is 30.3 Å². The monoisotopic (exact) mass is 1100 g/mol. The fraction of sp³-hybridized carbons (Fsp3) is 0.373. The van der Waals surface area contributed by atoms with Gasteiger partial charge in [-0.25, -0.2) is 0 Å². The van der Waals surface area contributed by atoms with E-state index in [9.17, 15) is 0 Å². The van der Waals surface area contributed by atoms with Gasteiger partial charge < -0.3 is 9.84 Å². The van der Waals surface area contributed by atoms with E-state index < -0.39 is 0 Å². The van der Waals surface area contributed by atoms with Crippen LogP contribution >= 0.6 is 79.6 Å². The van der Waals surface area contributed by atoms with Crippen LogP contribution in [0.2, 0.25) is 0 Å². The SMILES string of the molecule is BrCCCCCc1ccc2c(c1)CC2.Brc1ccc(OCCCCCc2ccc3c(c2)CC3)cc1.Brc1ccc2c(c1)CC2.C=CCCCBr.Oc1ccc(Br)cc1. The smallest absolute Gasteiger partial charge is 0.119 e. The maximum atomic E-state index is 8.74. The Bertz CT molecular complexity index is 1900. The van der Waals surface area contributed by atoms with Crippen LogP contribution in [-0.2, 0) is 51.4 Å². The van der Waals surface area contributed by atoms with Gasteiger partial charge in [-0.3, -0.25) is 0 Å². The Kier molecular flexibility index (Phi) is 23.7. The molecule has 8 rings (SSSR count). The molecule has 0 aliphatic heterocycles. The molecule has 1 N–H and O–H groups in total. The van der Waals surface area contributed by atoms with Crippen molar-refractivity contribution in [1.82, 2.24) is 0 Å². The molecular formula is C51H59Br5O2. The van der Waals surface area contributed by atoms with Gasteiger partial charge in [0, 0.05) is 24.1 Å². The highest BCUT2D eigenvalue weighted by Crippen LogP contribution is 2.27. The van der Waals surface area contributed by atoms with Crippen LogP contribution in [0.3, 0.4) is 0 Å². The molecule has 310 valence electrons. The topological polar surface area (TPSA) is 29.5 Å². The fourth-order valence-corrected chi connectivity index (χ4v) is 8.22. The average molecular weight is 1100 g/mol. The molecule has 5 aromatic rings. The Morgan fingerprint density at radius 1 is 0.483 bits per heavy atom. The molecule has 0 radical (unpaired) electrons. The highest BCUT2D eigenvalue weighted by atomic mass is 79.9. The minimum atomic E-state index is 0.299. The predicted octanol–water partition coefficient (Wildman–Crippen LogP) is 16.3. The first-order chi connectivity index (χ1) is 28.3. The highest BCUT2D eigenvalue weighted by molar-refractivity contribution is 9.11. The molecule has 0 heterocycles. The zero-order chi connectivity index (χ0) is 41.4. The van der Waals surface area contributed by atoms with Crippen LogP contribution < -0.4 is 4.74 Å². The number of aromatic hydroxyl groups is 1. The number of unbranched alkanes of at least 4 members (excludes halogenated alkanes) is 5. The molecule has 0 saturated heterocycles. The first kappa shape index (κ1) is 48.5. The normalized spacial score (nSPS) is 12.2. The molecular weight excluding hydrogens is 1040 g/mol. The number of phenolic OH excluding ortho intramolecular Hbond substituents is 1. The van der Waals surface area contributed by atoms with Gasteiger partial charge in [-0.15, -0.1) is 6.58 Å². The molecule has 0 atom stereocenters. The van der Waals surface area contributed by atoms with E-state index in [-0.39, 0.29) is 0 Å². The maximum Gasteiger partial charge on any atom is 0.119 e. The lowest BCUT2D eigenvalue weighted by Crippen LogP contribution is -2.08. The third-order valence-electron chi connectivity index (χ3n) is 10.4. The lowest BCUT2D eigenvalue weighted by atomic mass is 9.86. The summed E-state index contributed by atoms with van der Waals surface area (Å²) in [6.45, 7) is 4.39. The highest BCUT2D eigenvalue weighted by Gasteiger charge is 2.13.